The third-order valence-electron chi connectivity index (χ3n) is 1.25. The lowest BCUT2D eigenvalue weighted by Gasteiger charge is -2.15. The Hall–Kier alpha value is -0.830. The second kappa shape index (κ2) is 6.29. The Bertz CT molecular complexity index is 108. The zero-order valence-corrected chi connectivity index (χ0v) is 6.76. The smallest absolute Gasteiger partial charge is 0.245 e. The van der Waals surface area contributed by atoms with E-state index < -0.39 is 0 Å². The molecule has 0 bridgehead atoms. The standard InChI is InChI=1S/C7H13NO.H3N/c1-4-7(9)8(5-2)6-3;/h4H,1,5-6H2,2-3H3;1H3. The monoisotopic (exact) mass is 144 g/mol. The van der Waals surface area contributed by atoms with E-state index in [2.05, 4.69) is 6.58 Å². The van der Waals surface area contributed by atoms with Gasteiger partial charge in [-0.25, -0.2) is 0 Å². The summed E-state index contributed by atoms with van der Waals surface area (Å²) in [6.07, 6.45) is 1.34. The molecule has 60 valence electrons. The van der Waals surface area contributed by atoms with Crippen molar-refractivity contribution in [2.75, 3.05) is 13.1 Å². The fourth-order valence-electron chi connectivity index (χ4n) is 0.664. The molecule has 0 fully saturated rings. The van der Waals surface area contributed by atoms with Crippen molar-refractivity contribution in [1.29, 1.82) is 0 Å². The molecule has 0 heterocycles. The fraction of sp³-hybridized carbons (Fsp3) is 0.571. The van der Waals surface area contributed by atoms with Gasteiger partial charge in [-0.05, 0) is 19.9 Å². The molecular weight excluding hydrogens is 128 g/mol. The summed E-state index contributed by atoms with van der Waals surface area (Å²) in [4.78, 5) is 12.5. The Morgan fingerprint density at radius 3 is 2.00 bits per heavy atom. The van der Waals surface area contributed by atoms with E-state index >= 15 is 0 Å². The first-order valence-corrected chi connectivity index (χ1v) is 3.17. The first-order valence-electron chi connectivity index (χ1n) is 3.17. The number of hydrogen-bond acceptors (Lipinski definition) is 2. The number of amides is 1. The molecule has 0 rings (SSSR count). The minimum atomic E-state index is 0. The zero-order chi connectivity index (χ0) is 7.28. The van der Waals surface area contributed by atoms with E-state index in [1.165, 1.54) is 6.08 Å². The number of hydrogen-bond donors (Lipinski definition) is 1. The molecule has 0 saturated carbocycles. The van der Waals surface area contributed by atoms with Gasteiger partial charge in [-0.3, -0.25) is 4.79 Å². The lowest BCUT2D eigenvalue weighted by atomic mass is 10.4. The van der Waals surface area contributed by atoms with Crippen molar-refractivity contribution in [3.8, 4) is 0 Å². The van der Waals surface area contributed by atoms with Crippen LogP contribution in [0.15, 0.2) is 12.7 Å². The highest BCUT2D eigenvalue weighted by atomic mass is 16.2. The number of rotatable bonds is 3. The van der Waals surface area contributed by atoms with Crippen LogP contribution in [-0.4, -0.2) is 23.9 Å². The van der Waals surface area contributed by atoms with E-state index in [0.29, 0.717) is 0 Å². The SMILES string of the molecule is C=CC(=O)N(CC)CC.N. The van der Waals surface area contributed by atoms with Crippen LogP contribution in [0.25, 0.3) is 0 Å². The molecule has 0 aromatic heterocycles. The molecule has 0 radical (unpaired) electrons. The van der Waals surface area contributed by atoms with Crippen LogP contribution in [0.4, 0.5) is 0 Å². The van der Waals surface area contributed by atoms with Crippen molar-refractivity contribution in [2.24, 2.45) is 0 Å². The van der Waals surface area contributed by atoms with Gasteiger partial charge < -0.3 is 11.1 Å². The summed E-state index contributed by atoms with van der Waals surface area (Å²) in [5.41, 5.74) is 0. The molecule has 3 nitrogen and oxygen atoms in total. The summed E-state index contributed by atoms with van der Waals surface area (Å²) in [7, 11) is 0. The largest absolute Gasteiger partial charge is 0.344 e. The number of carbonyl (C=O) groups is 1. The Labute approximate surface area is 62.3 Å². The van der Waals surface area contributed by atoms with E-state index in [-0.39, 0.29) is 12.1 Å². The van der Waals surface area contributed by atoms with E-state index in [9.17, 15) is 4.79 Å². The molecule has 0 atom stereocenters. The summed E-state index contributed by atoms with van der Waals surface area (Å²) in [6.45, 7) is 8.82. The predicted molar refractivity (Wildman–Crippen MR) is 43.1 cm³/mol. The molecular formula is C7H16N2O. The van der Waals surface area contributed by atoms with E-state index in [4.69, 9.17) is 0 Å². The zero-order valence-electron chi connectivity index (χ0n) is 6.76. The van der Waals surface area contributed by atoms with Gasteiger partial charge in [0.05, 0.1) is 0 Å². The minimum Gasteiger partial charge on any atom is -0.344 e. The second-order valence-corrected chi connectivity index (χ2v) is 1.71. The Morgan fingerprint density at radius 1 is 1.50 bits per heavy atom. The molecule has 0 aliphatic carbocycles. The first kappa shape index (κ1) is 11.9. The second-order valence-electron chi connectivity index (χ2n) is 1.71. The average molecular weight is 144 g/mol. The topological polar surface area (TPSA) is 55.3 Å². The van der Waals surface area contributed by atoms with Gasteiger partial charge in [-0.1, -0.05) is 6.58 Å². The molecule has 1 amide bonds. The first-order chi connectivity index (χ1) is 4.26. The quantitative estimate of drug-likeness (QED) is 0.605. The molecule has 3 N–H and O–H groups in total. The van der Waals surface area contributed by atoms with Crippen molar-refractivity contribution in [3.63, 3.8) is 0 Å². The van der Waals surface area contributed by atoms with Gasteiger partial charge >= 0.3 is 0 Å². The molecule has 3 heteroatoms. The molecule has 0 saturated heterocycles. The van der Waals surface area contributed by atoms with Gasteiger partial charge in [0.15, 0.2) is 0 Å². The van der Waals surface area contributed by atoms with Gasteiger partial charge in [-0.2, -0.15) is 0 Å². The lowest BCUT2D eigenvalue weighted by molar-refractivity contribution is -0.125. The molecule has 0 aromatic carbocycles. The molecule has 0 aliphatic rings. The number of likely N-dealkylation sites (N-methyl/N-ethyl adjacent to an activating group) is 1. The summed E-state index contributed by atoms with van der Waals surface area (Å²) >= 11 is 0. The van der Waals surface area contributed by atoms with Crippen molar-refractivity contribution in [2.45, 2.75) is 13.8 Å². The molecule has 0 unspecified atom stereocenters. The normalized spacial score (nSPS) is 7.80. The maximum Gasteiger partial charge on any atom is 0.245 e. The van der Waals surface area contributed by atoms with Crippen molar-refractivity contribution < 1.29 is 4.79 Å². The van der Waals surface area contributed by atoms with Gasteiger partial charge in [0.25, 0.3) is 0 Å². The minimum absolute atomic E-state index is 0. The van der Waals surface area contributed by atoms with Crippen LogP contribution in [0.2, 0.25) is 0 Å². The third kappa shape index (κ3) is 3.25. The maximum atomic E-state index is 10.8. The summed E-state index contributed by atoms with van der Waals surface area (Å²) in [5, 5.41) is 0. The van der Waals surface area contributed by atoms with Crippen molar-refractivity contribution >= 4 is 5.91 Å². The molecule has 0 aliphatic heterocycles. The highest BCUT2D eigenvalue weighted by Gasteiger charge is 2.01. The van der Waals surface area contributed by atoms with Crippen molar-refractivity contribution in [1.82, 2.24) is 11.1 Å². The fourth-order valence-corrected chi connectivity index (χ4v) is 0.664. The average Bonchev–Trinajstić information content (AvgIpc) is 1.90. The molecule has 0 spiro atoms. The Kier molecular flexibility index (Phi) is 7.49. The Balaban J connectivity index is 0. The van der Waals surface area contributed by atoms with Gasteiger partial charge in [0, 0.05) is 13.1 Å². The maximum absolute atomic E-state index is 10.8. The predicted octanol–water partition coefficient (Wildman–Crippen LogP) is 1.20. The summed E-state index contributed by atoms with van der Waals surface area (Å²) in [5.74, 6) is 0.0139. The lowest BCUT2D eigenvalue weighted by Crippen LogP contribution is -2.28. The Morgan fingerprint density at radius 2 is 1.90 bits per heavy atom. The molecule has 0 aromatic rings. The van der Waals surface area contributed by atoms with Crippen LogP contribution < -0.4 is 6.15 Å². The van der Waals surface area contributed by atoms with E-state index in [1.54, 1.807) is 4.90 Å². The van der Waals surface area contributed by atoms with E-state index in [1.807, 2.05) is 13.8 Å². The molecule has 10 heavy (non-hydrogen) atoms. The van der Waals surface area contributed by atoms with Crippen LogP contribution in [-0.2, 0) is 4.79 Å². The van der Waals surface area contributed by atoms with Crippen LogP contribution in [0.5, 0.6) is 0 Å². The number of nitrogens with zero attached hydrogens (tertiary/aromatic N) is 1. The number of carbonyl (C=O) groups excluding carboxylic acids is 1. The highest BCUT2D eigenvalue weighted by Crippen LogP contribution is 1.87. The van der Waals surface area contributed by atoms with E-state index in [0.717, 1.165) is 13.1 Å². The van der Waals surface area contributed by atoms with Crippen molar-refractivity contribution in [3.05, 3.63) is 12.7 Å². The van der Waals surface area contributed by atoms with Gasteiger partial charge in [0.1, 0.15) is 0 Å². The van der Waals surface area contributed by atoms with Gasteiger partial charge in [0.2, 0.25) is 5.91 Å². The van der Waals surface area contributed by atoms with Crippen LogP contribution in [0.3, 0.4) is 0 Å². The van der Waals surface area contributed by atoms with Crippen LogP contribution in [0.1, 0.15) is 13.8 Å². The third-order valence-corrected chi connectivity index (χ3v) is 1.25. The van der Waals surface area contributed by atoms with Crippen LogP contribution in [0, 0.1) is 0 Å². The summed E-state index contributed by atoms with van der Waals surface area (Å²) < 4.78 is 0. The van der Waals surface area contributed by atoms with Gasteiger partial charge in [-0.15, -0.1) is 0 Å². The summed E-state index contributed by atoms with van der Waals surface area (Å²) in [6, 6.07) is 0. The van der Waals surface area contributed by atoms with Crippen LogP contribution >= 0.6 is 0 Å². The highest BCUT2D eigenvalue weighted by molar-refractivity contribution is 5.86.